The van der Waals surface area contributed by atoms with Crippen molar-refractivity contribution in [1.29, 1.82) is 0 Å². The number of hydrogen-bond acceptors (Lipinski definition) is 6. The summed E-state index contributed by atoms with van der Waals surface area (Å²) >= 11 is 0. The first-order valence-electron chi connectivity index (χ1n) is 6.65. The predicted octanol–water partition coefficient (Wildman–Crippen LogP) is 0.775. The molecule has 7 heteroatoms. The highest BCUT2D eigenvalue weighted by Gasteiger charge is 2.14. The summed E-state index contributed by atoms with van der Waals surface area (Å²) in [5.74, 6) is 0.462. The Bertz CT molecular complexity index is 632. The van der Waals surface area contributed by atoms with Crippen molar-refractivity contribution in [2.75, 3.05) is 31.3 Å². The Morgan fingerprint density at radius 2 is 2.24 bits per heavy atom. The predicted molar refractivity (Wildman–Crippen MR) is 81.9 cm³/mol. The van der Waals surface area contributed by atoms with Crippen molar-refractivity contribution in [3.8, 4) is 0 Å². The molecule has 21 heavy (non-hydrogen) atoms. The molecule has 0 aliphatic rings. The number of hydrogen-bond donors (Lipinski definition) is 3. The summed E-state index contributed by atoms with van der Waals surface area (Å²) in [4.78, 5) is 20.3. The average Bonchev–Trinajstić information content (AvgIpc) is 2.48. The fourth-order valence-corrected chi connectivity index (χ4v) is 1.89. The fourth-order valence-electron chi connectivity index (χ4n) is 1.89. The molecule has 1 aromatic heterocycles. The third kappa shape index (κ3) is 3.79. The molecule has 1 unspecified atom stereocenters. The minimum Gasteiger partial charge on any atom is -0.399 e. The van der Waals surface area contributed by atoms with Gasteiger partial charge in [-0.2, -0.15) is 0 Å². The first kappa shape index (κ1) is 15.0. The first-order valence-corrected chi connectivity index (χ1v) is 6.65. The van der Waals surface area contributed by atoms with Gasteiger partial charge in [0.25, 0.3) is 0 Å². The summed E-state index contributed by atoms with van der Waals surface area (Å²) in [6.45, 7) is 2.71. The number of ether oxygens (including phenoxy) is 1. The highest BCUT2D eigenvalue weighted by molar-refractivity contribution is 5.93. The van der Waals surface area contributed by atoms with Gasteiger partial charge < -0.3 is 21.1 Å². The van der Waals surface area contributed by atoms with E-state index in [0.717, 1.165) is 10.9 Å². The van der Waals surface area contributed by atoms with Crippen LogP contribution in [-0.4, -0.2) is 42.2 Å². The van der Waals surface area contributed by atoms with E-state index in [9.17, 15) is 4.79 Å². The topological polar surface area (TPSA) is 102 Å². The van der Waals surface area contributed by atoms with Crippen LogP contribution in [0.25, 0.3) is 10.9 Å². The smallest absolute Gasteiger partial charge is 0.242 e. The molecule has 0 aliphatic carbocycles. The van der Waals surface area contributed by atoms with E-state index in [2.05, 4.69) is 20.6 Å². The lowest BCUT2D eigenvalue weighted by molar-refractivity contribution is -0.121. The Hall–Kier alpha value is -2.41. The van der Waals surface area contributed by atoms with Crippen LogP contribution >= 0.6 is 0 Å². The van der Waals surface area contributed by atoms with Gasteiger partial charge in [0.2, 0.25) is 5.91 Å². The van der Waals surface area contributed by atoms with Crippen LogP contribution in [0.2, 0.25) is 0 Å². The van der Waals surface area contributed by atoms with Crippen molar-refractivity contribution in [3.05, 3.63) is 24.5 Å². The number of carbonyl (C=O) groups is 1. The van der Waals surface area contributed by atoms with E-state index in [0.29, 0.717) is 24.7 Å². The Labute approximate surface area is 122 Å². The maximum Gasteiger partial charge on any atom is 0.242 e. The van der Waals surface area contributed by atoms with E-state index in [4.69, 9.17) is 10.5 Å². The molecule has 7 nitrogen and oxygen atoms in total. The molecule has 1 heterocycles. The lowest BCUT2D eigenvalue weighted by atomic mass is 10.2. The molecule has 112 valence electrons. The summed E-state index contributed by atoms with van der Waals surface area (Å²) in [6, 6.07) is 4.95. The highest BCUT2D eigenvalue weighted by Crippen LogP contribution is 2.22. The number of benzene rings is 1. The van der Waals surface area contributed by atoms with Crippen LogP contribution in [0.1, 0.15) is 6.92 Å². The maximum atomic E-state index is 11.9. The summed E-state index contributed by atoms with van der Waals surface area (Å²) in [5, 5.41) is 6.63. The van der Waals surface area contributed by atoms with Crippen LogP contribution < -0.4 is 16.4 Å². The van der Waals surface area contributed by atoms with E-state index in [-0.39, 0.29) is 5.91 Å². The second kappa shape index (κ2) is 6.85. The normalized spacial score (nSPS) is 12.1. The molecule has 1 aromatic carbocycles. The first-order chi connectivity index (χ1) is 10.1. The van der Waals surface area contributed by atoms with Crippen LogP contribution in [0.4, 0.5) is 11.5 Å². The second-order valence-corrected chi connectivity index (χ2v) is 4.65. The highest BCUT2D eigenvalue weighted by atomic mass is 16.5. The van der Waals surface area contributed by atoms with Crippen molar-refractivity contribution >= 4 is 28.3 Å². The molecule has 4 N–H and O–H groups in total. The van der Waals surface area contributed by atoms with Gasteiger partial charge in [0.1, 0.15) is 18.2 Å². The molecule has 1 atom stereocenters. The number of nitrogens with two attached hydrogens (primary N) is 1. The van der Waals surface area contributed by atoms with Gasteiger partial charge in [0.15, 0.2) is 0 Å². The number of nitrogen functional groups attached to an aromatic ring is 1. The Morgan fingerprint density at radius 1 is 1.43 bits per heavy atom. The van der Waals surface area contributed by atoms with Gasteiger partial charge in [-0.25, -0.2) is 9.97 Å². The van der Waals surface area contributed by atoms with Crippen molar-refractivity contribution in [2.24, 2.45) is 0 Å². The number of methoxy groups -OCH3 is 1. The maximum absolute atomic E-state index is 11.9. The zero-order chi connectivity index (χ0) is 15.2. The number of amides is 1. The molecule has 0 saturated carbocycles. The van der Waals surface area contributed by atoms with Crippen LogP contribution in [0, 0.1) is 0 Å². The van der Waals surface area contributed by atoms with Crippen molar-refractivity contribution < 1.29 is 9.53 Å². The van der Waals surface area contributed by atoms with Crippen LogP contribution in [0.3, 0.4) is 0 Å². The molecule has 0 saturated heterocycles. The SMILES string of the molecule is COCCNC(=O)C(C)Nc1ncnc2ccc(N)cc12. The summed E-state index contributed by atoms with van der Waals surface area (Å²) in [5.41, 5.74) is 7.18. The van der Waals surface area contributed by atoms with E-state index in [1.165, 1.54) is 6.33 Å². The largest absolute Gasteiger partial charge is 0.399 e. The molecule has 0 fully saturated rings. The summed E-state index contributed by atoms with van der Waals surface area (Å²) < 4.78 is 4.89. The molecular formula is C14H19N5O2. The summed E-state index contributed by atoms with van der Waals surface area (Å²) in [7, 11) is 1.59. The van der Waals surface area contributed by atoms with Gasteiger partial charge in [-0.1, -0.05) is 0 Å². The summed E-state index contributed by atoms with van der Waals surface area (Å²) in [6.07, 6.45) is 1.45. The molecule has 0 radical (unpaired) electrons. The van der Waals surface area contributed by atoms with Gasteiger partial charge in [-0.15, -0.1) is 0 Å². The van der Waals surface area contributed by atoms with E-state index in [1.54, 1.807) is 26.2 Å². The molecular weight excluding hydrogens is 270 g/mol. The molecule has 1 amide bonds. The second-order valence-electron chi connectivity index (χ2n) is 4.65. The third-order valence-electron chi connectivity index (χ3n) is 3.01. The zero-order valence-corrected chi connectivity index (χ0v) is 12.1. The number of nitrogens with one attached hydrogen (secondary N) is 2. The number of nitrogens with zero attached hydrogens (tertiary/aromatic N) is 2. The van der Waals surface area contributed by atoms with E-state index >= 15 is 0 Å². The number of carbonyl (C=O) groups excluding carboxylic acids is 1. The Balaban J connectivity index is 2.12. The minimum absolute atomic E-state index is 0.122. The quantitative estimate of drug-likeness (QED) is 0.536. The molecule has 0 aliphatic heterocycles. The lowest BCUT2D eigenvalue weighted by Crippen LogP contribution is -2.39. The van der Waals surface area contributed by atoms with Crippen molar-refractivity contribution in [3.63, 3.8) is 0 Å². The van der Waals surface area contributed by atoms with E-state index < -0.39 is 6.04 Å². The van der Waals surface area contributed by atoms with Gasteiger partial charge in [-0.3, -0.25) is 4.79 Å². The molecule has 2 aromatic rings. The standard InChI is InChI=1S/C14H19N5O2/c1-9(14(20)16-5-6-21-2)19-13-11-7-10(15)3-4-12(11)17-8-18-13/h3-4,7-9H,5-6,15H2,1-2H3,(H,16,20)(H,17,18,19). The molecule has 2 rings (SSSR count). The average molecular weight is 289 g/mol. The molecule has 0 spiro atoms. The van der Waals surface area contributed by atoms with Crippen LogP contribution in [0.15, 0.2) is 24.5 Å². The minimum atomic E-state index is -0.429. The number of aromatic nitrogens is 2. The van der Waals surface area contributed by atoms with Gasteiger partial charge in [0, 0.05) is 24.7 Å². The Kier molecular flexibility index (Phi) is 4.89. The van der Waals surface area contributed by atoms with Gasteiger partial charge in [-0.05, 0) is 25.1 Å². The number of fused-ring (bicyclic) bond motifs is 1. The van der Waals surface area contributed by atoms with E-state index in [1.807, 2.05) is 6.07 Å². The Morgan fingerprint density at radius 3 is 3.00 bits per heavy atom. The fraction of sp³-hybridized carbons (Fsp3) is 0.357. The number of anilines is 2. The third-order valence-corrected chi connectivity index (χ3v) is 3.01. The van der Waals surface area contributed by atoms with Crippen LogP contribution in [0.5, 0.6) is 0 Å². The lowest BCUT2D eigenvalue weighted by Gasteiger charge is -2.15. The van der Waals surface area contributed by atoms with Crippen molar-refractivity contribution in [1.82, 2.24) is 15.3 Å². The van der Waals surface area contributed by atoms with Crippen molar-refractivity contribution in [2.45, 2.75) is 13.0 Å². The monoisotopic (exact) mass is 289 g/mol. The van der Waals surface area contributed by atoms with Crippen LogP contribution in [-0.2, 0) is 9.53 Å². The van der Waals surface area contributed by atoms with Gasteiger partial charge >= 0.3 is 0 Å². The van der Waals surface area contributed by atoms with Gasteiger partial charge in [0.05, 0.1) is 12.1 Å². The number of rotatable bonds is 6. The zero-order valence-electron chi connectivity index (χ0n) is 12.1. The molecule has 0 bridgehead atoms.